The van der Waals surface area contributed by atoms with Crippen molar-refractivity contribution in [3.05, 3.63) is 24.3 Å². The Hall–Kier alpha value is -2.11. The summed E-state index contributed by atoms with van der Waals surface area (Å²) in [6, 6.07) is 6.75. The van der Waals surface area contributed by atoms with E-state index in [1.54, 1.807) is 12.1 Å². The lowest BCUT2D eigenvalue weighted by atomic mass is 10.1. The van der Waals surface area contributed by atoms with E-state index in [1.165, 1.54) is 47.5 Å². The normalized spacial score (nSPS) is 16.9. The zero-order valence-electron chi connectivity index (χ0n) is 19.2. The minimum absolute atomic E-state index is 0.163. The van der Waals surface area contributed by atoms with E-state index in [0.29, 0.717) is 24.8 Å². The number of piperidine rings is 1. The zero-order chi connectivity index (χ0) is 23.4. The number of rotatable bonds is 10. The van der Waals surface area contributed by atoms with Crippen molar-refractivity contribution in [3.63, 3.8) is 0 Å². The third-order valence-electron chi connectivity index (χ3n) is 6.01. The van der Waals surface area contributed by atoms with Gasteiger partial charge in [0.1, 0.15) is 0 Å². The molecule has 11 heteroatoms. The van der Waals surface area contributed by atoms with Crippen LogP contribution in [0.15, 0.2) is 34.3 Å². The molecule has 1 aromatic heterocycles. The molecule has 0 unspecified atom stereocenters. The number of nitrogens with zero attached hydrogens (tertiary/aromatic N) is 5. The number of amides is 1. The fourth-order valence-corrected chi connectivity index (χ4v) is 6.34. The van der Waals surface area contributed by atoms with Crippen LogP contribution in [0, 0.1) is 0 Å². The Morgan fingerprint density at radius 2 is 1.76 bits per heavy atom. The smallest absolute Gasteiger partial charge is 0.243 e. The summed E-state index contributed by atoms with van der Waals surface area (Å²) in [6.45, 7) is 6.48. The van der Waals surface area contributed by atoms with Crippen LogP contribution in [0.1, 0.15) is 52.0 Å². The van der Waals surface area contributed by atoms with Crippen LogP contribution in [0.3, 0.4) is 0 Å². The molecule has 9 nitrogen and oxygen atoms in total. The number of carbonyl (C=O) groups excluding carboxylic acids is 1. The minimum atomic E-state index is -3.51. The van der Waals surface area contributed by atoms with Crippen LogP contribution in [-0.2, 0) is 14.8 Å². The van der Waals surface area contributed by atoms with Crippen LogP contribution in [0.2, 0.25) is 0 Å². The topological polar surface area (TPSA) is 100 Å². The van der Waals surface area contributed by atoms with Crippen LogP contribution in [0.5, 0.6) is 0 Å². The van der Waals surface area contributed by atoms with Crippen LogP contribution in [0.25, 0.3) is 0 Å². The summed E-state index contributed by atoms with van der Waals surface area (Å²) in [7, 11) is -3.51. The summed E-state index contributed by atoms with van der Waals surface area (Å²) < 4.78 is 28.8. The molecule has 1 aliphatic carbocycles. The van der Waals surface area contributed by atoms with Crippen molar-refractivity contribution in [2.45, 2.75) is 62.0 Å². The lowest BCUT2D eigenvalue weighted by Crippen LogP contribution is -2.32. The Balaban J connectivity index is 1.37. The molecular weight excluding hydrogens is 460 g/mol. The maximum atomic E-state index is 12.6. The highest BCUT2D eigenvalue weighted by atomic mass is 32.2. The van der Waals surface area contributed by atoms with E-state index in [1.807, 2.05) is 13.8 Å². The monoisotopic (exact) mass is 492 g/mol. The first-order valence-electron chi connectivity index (χ1n) is 11.7. The second-order valence-electron chi connectivity index (χ2n) is 8.38. The second kappa shape index (κ2) is 10.4. The van der Waals surface area contributed by atoms with Gasteiger partial charge in [-0.15, -0.1) is 10.2 Å². The van der Waals surface area contributed by atoms with Gasteiger partial charge in [0.15, 0.2) is 5.16 Å². The molecule has 1 amide bonds. The van der Waals surface area contributed by atoms with Crippen molar-refractivity contribution in [3.8, 4) is 0 Å². The summed E-state index contributed by atoms with van der Waals surface area (Å²) in [5.74, 6) is 0.985. The molecule has 0 bridgehead atoms. The number of nitrogens with one attached hydrogen (secondary N) is 1. The van der Waals surface area contributed by atoms with Crippen LogP contribution < -0.4 is 10.2 Å². The van der Waals surface area contributed by atoms with E-state index < -0.39 is 10.0 Å². The number of hydrogen-bond donors (Lipinski definition) is 1. The van der Waals surface area contributed by atoms with E-state index >= 15 is 0 Å². The molecule has 2 fully saturated rings. The Morgan fingerprint density at radius 3 is 2.36 bits per heavy atom. The molecule has 1 saturated carbocycles. The van der Waals surface area contributed by atoms with Crippen molar-refractivity contribution in [2.24, 2.45) is 0 Å². The molecule has 1 saturated heterocycles. The Bertz CT molecular complexity index is 1060. The maximum absolute atomic E-state index is 12.6. The van der Waals surface area contributed by atoms with Gasteiger partial charge in [0.05, 0.1) is 10.6 Å². The van der Waals surface area contributed by atoms with E-state index in [2.05, 4.69) is 25.0 Å². The molecule has 33 heavy (non-hydrogen) atoms. The number of thioether (sulfide) groups is 1. The molecule has 1 aromatic carbocycles. The average Bonchev–Trinajstić information content (AvgIpc) is 3.58. The van der Waals surface area contributed by atoms with Crippen molar-refractivity contribution >= 4 is 39.3 Å². The summed E-state index contributed by atoms with van der Waals surface area (Å²) in [5, 5.41) is 12.5. The third kappa shape index (κ3) is 5.52. The van der Waals surface area contributed by atoms with Gasteiger partial charge in [-0.2, -0.15) is 4.31 Å². The molecular formula is C22H32N6O3S2. The van der Waals surface area contributed by atoms with Crippen LogP contribution in [0.4, 0.5) is 11.6 Å². The van der Waals surface area contributed by atoms with E-state index in [9.17, 15) is 13.2 Å². The van der Waals surface area contributed by atoms with Gasteiger partial charge in [-0.1, -0.05) is 25.6 Å². The van der Waals surface area contributed by atoms with Gasteiger partial charge in [0.25, 0.3) is 0 Å². The number of hydrogen-bond acceptors (Lipinski definition) is 7. The lowest BCUT2D eigenvalue weighted by Gasteiger charge is -2.27. The molecule has 2 aliphatic rings. The molecule has 0 atom stereocenters. The summed E-state index contributed by atoms with van der Waals surface area (Å²) >= 11 is 1.39. The van der Waals surface area contributed by atoms with Gasteiger partial charge in [0, 0.05) is 37.9 Å². The first kappa shape index (κ1) is 24.0. The molecule has 180 valence electrons. The quantitative estimate of drug-likeness (QED) is 0.508. The predicted octanol–water partition coefficient (Wildman–Crippen LogP) is 3.36. The van der Waals surface area contributed by atoms with Gasteiger partial charge in [-0.25, -0.2) is 8.42 Å². The summed E-state index contributed by atoms with van der Waals surface area (Å²) in [6.07, 6.45) is 5.87. The van der Waals surface area contributed by atoms with Gasteiger partial charge in [0.2, 0.25) is 21.9 Å². The lowest BCUT2D eigenvalue weighted by molar-refractivity contribution is -0.113. The predicted molar refractivity (Wildman–Crippen MR) is 130 cm³/mol. The van der Waals surface area contributed by atoms with Crippen LogP contribution in [-0.4, -0.2) is 65.3 Å². The Morgan fingerprint density at radius 1 is 1.09 bits per heavy atom. The molecule has 4 rings (SSSR count). The van der Waals surface area contributed by atoms with Gasteiger partial charge in [-0.3, -0.25) is 9.36 Å². The minimum Gasteiger partial charge on any atom is -0.341 e. The van der Waals surface area contributed by atoms with Crippen molar-refractivity contribution in [1.29, 1.82) is 0 Å². The van der Waals surface area contributed by atoms with Crippen LogP contribution >= 0.6 is 11.8 Å². The number of carbonyl (C=O) groups is 1. The Labute approximate surface area is 200 Å². The summed E-state index contributed by atoms with van der Waals surface area (Å²) in [4.78, 5) is 15.1. The number of sulfonamides is 1. The molecule has 0 radical (unpaired) electrons. The molecule has 1 N–H and O–H groups in total. The number of aromatic nitrogens is 3. The number of benzene rings is 1. The fraction of sp³-hybridized carbons (Fsp3) is 0.591. The van der Waals surface area contributed by atoms with E-state index in [-0.39, 0.29) is 16.6 Å². The van der Waals surface area contributed by atoms with E-state index in [4.69, 9.17) is 0 Å². The maximum Gasteiger partial charge on any atom is 0.243 e. The standard InChI is InChI=1S/C22H32N6O3S2/c1-3-27(4-2)33(30,31)19-12-8-17(9-13-19)23-20(29)16-32-22-25-24-21(28(22)18-10-11-18)26-14-6-5-7-15-26/h8-9,12-13,18H,3-7,10-11,14-16H2,1-2H3,(H,23,29). The largest absolute Gasteiger partial charge is 0.341 e. The highest BCUT2D eigenvalue weighted by Gasteiger charge is 2.32. The third-order valence-corrected chi connectivity index (χ3v) is 9.02. The second-order valence-corrected chi connectivity index (χ2v) is 11.3. The van der Waals surface area contributed by atoms with Crippen molar-refractivity contribution < 1.29 is 13.2 Å². The van der Waals surface area contributed by atoms with Crippen molar-refractivity contribution in [1.82, 2.24) is 19.1 Å². The number of anilines is 2. The Kier molecular flexibility index (Phi) is 7.60. The fourth-order valence-electron chi connectivity index (χ4n) is 4.08. The SMILES string of the molecule is CCN(CC)S(=O)(=O)c1ccc(NC(=O)CSc2nnc(N3CCCCC3)n2C2CC2)cc1. The van der Waals surface area contributed by atoms with Gasteiger partial charge < -0.3 is 10.2 Å². The average molecular weight is 493 g/mol. The molecule has 2 heterocycles. The summed E-state index contributed by atoms with van der Waals surface area (Å²) in [5.41, 5.74) is 0.566. The zero-order valence-corrected chi connectivity index (χ0v) is 20.9. The highest BCUT2D eigenvalue weighted by molar-refractivity contribution is 7.99. The van der Waals surface area contributed by atoms with Crippen molar-refractivity contribution in [2.75, 3.05) is 42.1 Å². The highest BCUT2D eigenvalue weighted by Crippen LogP contribution is 2.41. The first-order valence-corrected chi connectivity index (χ1v) is 14.1. The van der Waals surface area contributed by atoms with Gasteiger partial charge in [-0.05, 0) is 56.4 Å². The molecule has 2 aromatic rings. The molecule has 1 aliphatic heterocycles. The van der Waals surface area contributed by atoms with E-state index in [0.717, 1.165) is 37.0 Å². The first-order chi connectivity index (χ1) is 15.9. The molecule has 0 spiro atoms. The van der Waals surface area contributed by atoms with Gasteiger partial charge >= 0.3 is 0 Å².